The van der Waals surface area contributed by atoms with Gasteiger partial charge in [0.15, 0.2) is 0 Å². The summed E-state index contributed by atoms with van der Waals surface area (Å²) in [6.07, 6.45) is 4.24. The fourth-order valence-electron chi connectivity index (χ4n) is 5.34. The van der Waals surface area contributed by atoms with Crippen molar-refractivity contribution in [2.75, 3.05) is 23.8 Å². The first-order valence-electron chi connectivity index (χ1n) is 13.3. The number of nitrogens with one attached hydrogen (secondary N) is 4. The molecule has 206 valence electrons. The van der Waals surface area contributed by atoms with Crippen LogP contribution in [-0.2, 0) is 16.0 Å². The van der Waals surface area contributed by atoms with E-state index in [1.807, 2.05) is 45.0 Å². The summed E-state index contributed by atoms with van der Waals surface area (Å²) < 4.78 is 5.81. The summed E-state index contributed by atoms with van der Waals surface area (Å²) >= 11 is 1.42. The second kappa shape index (κ2) is 11.2. The van der Waals surface area contributed by atoms with Crippen LogP contribution in [-0.4, -0.2) is 54.6 Å². The number of anilines is 3. The predicted octanol–water partition coefficient (Wildman–Crippen LogP) is 3.99. The van der Waals surface area contributed by atoms with Gasteiger partial charge in [-0.2, -0.15) is 0 Å². The molecule has 5 rings (SSSR count). The number of carbonyl (C=O) groups excluding carboxylic acids is 3. The molecule has 2 aromatic heterocycles. The lowest BCUT2D eigenvalue weighted by Gasteiger charge is -2.29. The van der Waals surface area contributed by atoms with Gasteiger partial charge in [-0.15, -0.1) is 11.3 Å². The van der Waals surface area contributed by atoms with Gasteiger partial charge in [0, 0.05) is 23.2 Å². The maximum absolute atomic E-state index is 13.4. The van der Waals surface area contributed by atoms with Gasteiger partial charge in [0.05, 0.1) is 41.5 Å². The zero-order valence-electron chi connectivity index (χ0n) is 22.6. The third kappa shape index (κ3) is 5.69. The minimum absolute atomic E-state index is 0.00695. The van der Waals surface area contributed by atoms with Crippen LogP contribution in [0.15, 0.2) is 30.5 Å². The van der Waals surface area contributed by atoms with Gasteiger partial charge < -0.3 is 26.0 Å². The van der Waals surface area contributed by atoms with E-state index >= 15 is 0 Å². The van der Waals surface area contributed by atoms with E-state index in [9.17, 15) is 14.4 Å². The van der Waals surface area contributed by atoms with Crippen LogP contribution in [0.4, 0.5) is 21.9 Å². The minimum Gasteiger partial charge on any atom is -0.491 e. The number of nitrogens with zero attached hydrogens (tertiary/aromatic N) is 2. The average molecular weight is 551 g/mol. The number of carbonyl (C=O) groups is 3. The first-order valence-corrected chi connectivity index (χ1v) is 14.1. The van der Waals surface area contributed by atoms with Gasteiger partial charge in [-0.05, 0) is 76.9 Å². The second-order valence-electron chi connectivity index (χ2n) is 10.3. The maximum Gasteiger partial charge on any atom is 0.331 e. The number of aromatic nitrogens is 1. The lowest BCUT2D eigenvalue weighted by molar-refractivity contribution is -0.121. The van der Waals surface area contributed by atoms with Crippen molar-refractivity contribution in [2.24, 2.45) is 0 Å². The molecule has 2 aliphatic rings. The standard InChI is InChI=1S/C28H34N6O4S/c1-15(2)38-19-7-8-20(16(3)11-19)34-21-9-10-30-27-25(21)26(33-28(34)37)22(39-27)13-23(35)31-17-5-6-18(12-17)32-24(36)14-29-4/h7-11,15,17-18,29H,5-6,12-14H2,1-4H3,(H,31,35)(H,32,36)(H,33,37)/t17-,18+/m0/s1. The number of thiophene rings is 1. The van der Waals surface area contributed by atoms with Gasteiger partial charge in [0.1, 0.15) is 10.6 Å². The normalized spacial score (nSPS) is 18.4. The summed E-state index contributed by atoms with van der Waals surface area (Å²) in [6.45, 7) is 6.17. The van der Waals surface area contributed by atoms with Crippen LogP contribution in [0, 0.1) is 6.92 Å². The molecule has 10 nitrogen and oxygen atoms in total. The molecule has 0 bridgehead atoms. The minimum atomic E-state index is -0.286. The second-order valence-corrected chi connectivity index (χ2v) is 11.4. The number of hydrogen-bond donors (Lipinski definition) is 4. The van der Waals surface area contributed by atoms with Gasteiger partial charge >= 0.3 is 6.03 Å². The first-order chi connectivity index (χ1) is 18.7. The summed E-state index contributed by atoms with van der Waals surface area (Å²) in [5, 5.41) is 12.8. The fraction of sp³-hybridized carbons (Fsp3) is 0.429. The molecule has 2 atom stereocenters. The highest BCUT2D eigenvalue weighted by molar-refractivity contribution is 7.19. The van der Waals surface area contributed by atoms with Gasteiger partial charge in [0.2, 0.25) is 11.8 Å². The molecule has 39 heavy (non-hydrogen) atoms. The van der Waals surface area contributed by atoms with E-state index in [-0.39, 0.29) is 49.0 Å². The lowest BCUT2D eigenvalue weighted by atomic mass is 10.1. The van der Waals surface area contributed by atoms with Gasteiger partial charge in [-0.1, -0.05) is 0 Å². The largest absolute Gasteiger partial charge is 0.491 e. The Kier molecular flexibility index (Phi) is 7.72. The topological polar surface area (TPSA) is 125 Å². The number of likely N-dealkylation sites (N-methyl/N-ethyl adjacent to an activating group) is 1. The number of hydrogen-bond acceptors (Lipinski definition) is 7. The van der Waals surface area contributed by atoms with Crippen molar-refractivity contribution in [3.63, 3.8) is 0 Å². The van der Waals surface area contributed by atoms with Crippen LogP contribution in [0.2, 0.25) is 0 Å². The molecule has 3 heterocycles. The smallest absolute Gasteiger partial charge is 0.331 e. The summed E-state index contributed by atoms with van der Waals surface area (Å²) in [4.78, 5) is 46.0. The van der Waals surface area contributed by atoms with Gasteiger partial charge in [-0.25, -0.2) is 9.78 Å². The highest BCUT2D eigenvalue weighted by atomic mass is 32.1. The van der Waals surface area contributed by atoms with Crippen LogP contribution in [0.3, 0.4) is 0 Å². The van der Waals surface area contributed by atoms with Crippen LogP contribution in [0.5, 0.6) is 5.75 Å². The number of pyridine rings is 1. The number of urea groups is 1. The van der Waals surface area contributed by atoms with Crippen molar-refractivity contribution in [2.45, 2.75) is 64.6 Å². The Morgan fingerprint density at radius 2 is 1.90 bits per heavy atom. The maximum atomic E-state index is 13.4. The number of ether oxygens (including phenoxy) is 1. The number of aryl methyl sites for hydroxylation is 1. The number of amides is 4. The van der Waals surface area contributed by atoms with Crippen LogP contribution in [0.25, 0.3) is 10.2 Å². The van der Waals surface area contributed by atoms with E-state index in [1.165, 1.54) is 11.3 Å². The molecule has 4 N–H and O–H groups in total. The fourth-order valence-corrected chi connectivity index (χ4v) is 6.45. The molecule has 11 heteroatoms. The van der Waals surface area contributed by atoms with Crippen LogP contribution in [0.1, 0.15) is 43.6 Å². The van der Waals surface area contributed by atoms with E-state index in [0.29, 0.717) is 12.1 Å². The van der Waals surface area contributed by atoms with Gasteiger partial charge in [0.25, 0.3) is 0 Å². The van der Waals surface area contributed by atoms with Gasteiger partial charge in [-0.3, -0.25) is 14.5 Å². The summed E-state index contributed by atoms with van der Waals surface area (Å²) in [5.74, 6) is 0.601. The molecule has 1 fully saturated rings. The molecular weight excluding hydrogens is 516 g/mol. The average Bonchev–Trinajstić information content (AvgIpc) is 3.44. The van der Waals surface area contributed by atoms with Crippen molar-refractivity contribution < 1.29 is 19.1 Å². The Balaban J connectivity index is 1.33. The first kappa shape index (κ1) is 26.9. The highest BCUT2D eigenvalue weighted by Gasteiger charge is 2.33. The van der Waals surface area contributed by atoms with E-state index in [0.717, 1.165) is 50.6 Å². The molecule has 1 aliphatic carbocycles. The Morgan fingerprint density at radius 3 is 2.59 bits per heavy atom. The summed E-state index contributed by atoms with van der Waals surface area (Å²) in [6, 6.07) is 7.31. The van der Waals surface area contributed by atoms with Crippen molar-refractivity contribution in [1.29, 1.82) is 0 Å². The Bertz CT molecular complexity index is 1420. The van der Waals surface area contributed by atoms with Crippen molar-refractivity contribution >= 4 is 56.5 Å². The molecule has 1 saturated carbocycles. The van der Waals surface area contributed by atoms with E-state index < -0.39 is 0 Å². The van der Waals surface area contributed by atoms with Crippen molar-refractivity contribution in [3.05, 3.63) is 40.9 Å². The van der Waals surface area contributed by atoms with E-state index in [4.69, 9.17) is 4.74 Å². The van der Waals surface area contributed by atoms with Crippen LogP contribution >= 0.6 is 11.3 Å². The zero-order chi connectivity index (χ0) is 27.7. The molecule has 0 unspecified atom stereocenters. The highest BCUT2D eigenvalue weighted by Crippen LogP contribution is 2.46. The Labute approximate surface area is 231 Å². The summed E-state index contributed by atoms with van der Waals surface area (Å²) in [7, 11) is 1.73. The Hall–Kier alpha value is -3.70. The lowest BCUT2D eigenvalue weighted by Crippen LogP contribution is -2.40. The Morgan fingerprint density at radius 1 is 1.15 bits per heavy atom. The van der Waals surface area contributed by atoms with Crippen LogP contribution < -0.4 is 30.9 Å². The molecule has 1 aliphatic heterocycles. The third-order valence-electron chi connectivity index (χ3n) is 6.92. The molecular formula is C28H34N6O4S. The van der Waals surface area contributed by atoms with E-state index in [1.54, 1.807) is 18.1 Å². The monoisotopic (exact) mass is 550 g/mol. The van der Waals surface area contributed by atoms with E-state index in [2.05, 4.69) is 26.3 Å². The quantitative estimate of drug-likeness (QED) is 0.319. The SMILES string of the molecule is CNCC(=O)N[C@@H]1CC[C@H](NC(=O)Cc2sc3nccc4c3c2NC(=O)N4c2ccc(OC(C)C)cc2C)C1. The number of rotatable bonds is 9. The number of benzene rings is 1. The molecule has 3 aromatic rings. The third-order valence-corrected chi connectivity index (χ3v) is 8.02. The molecule has 0 spiro atoms. The molecule has 1 aromatic carbocycles. The molecule has 0 radical (unpaired) electrons. The molecule has 0 saturated heterocycles. The molecule has 4 amide bonds. The van der Waals surface area contributed by atoms with Crippen molar-refractivity contribution in [1.82, 2.24) is 20.9 Å². The van der Waals surface area contributed by atoms with Crippen molar-refractivity contribution in [3.8, 4) is 5.75 Å². The summed E-state index contributed by atoms with van der Waals surface area (Å²) in [5.41, 5.74) is 3.04. The predicted molar refractivity (Wildman–Crippen MR) is 153 cm³/mol. The zero-order valence-corrected chi connectivity index (χ0v) is 23.4.